The molecule has 0 aliphatic rings. The van der Waals surface area contributed by atoms with Crippen molar-refractivity contribution in [1.82, 2.24) is 0 Å². The highest BCUT2D eigenvalue weighted by molar-refractivity contribution is 14.1. The zero-order valence-electron chi connectivity index (χ0n) is 10.4. The maximum atomic E-state index is 12.0. The van der Waals surface area contributed by atoms with Crippen molar-refractivity contribution in [3.63, 3.8) is 0 Å². The number of Topliss-reactive ketones (excluding diaryl/α,β-unsaturated/α-hetero) is 1. The molecule has 0 spiro atoms. The van der Waals surface area contributed by atoms with Gasteiger partial charge < -0.3 is 10.2 Å². The average Bonchev–Trinajstić information content (AvgIpc) is 2.38. The molecule has 0 amide bonds. The van der Waals surface area contributed by atoms with E-state index >= 15 is 0 Å². The molecule has 0 radical (unpaired) electrons. The summed E-state index contributed by atoms with van der Waals surface area (Å²) < 4.78 is 1.49. The van der Waals surface area contributed by atoms with Crippen molar-refractivity contribution < 1.29 is 15.0 Å². The van der Waals surface area contributed by atoms with Crippen LogP contribution in [0.4, 0.5) is 0 Å². The van der Waals surface area contributed by atoms with E-state index in [9.17, 15) is 15.0 Å². The molecule has 0 atom stereocenters. The maximum Gasteiger partial charge on any atom is 0.141 e. The lowest BCUT2D eigenvalue weighted by atomic mass is 10.0. The summed E-state index contributed by atoms with van der Waals surface area (Å²) in [5.41, 5.74) is 1.79. The van der Waals surface area contributed by atoms with Gasteiger partial charge in [0.05, 0.1) is 7.14 Å². The van der Waals surface area contributed by atoms with Gasteiger partial charge in [-0.25, -0.2) is 0 Å². The van der Waals surface area contributed by atoms with Gasteiger partial charge in [-0.3, -0.25) is 4.79 Å². The molecule has 20 heavy (non-hydrogen) atoms. The number of carbonyl (C=O) groups is 1. The lowest BCUT2D eigenvalue weighted by molar-refractivity contribution is -0.117. The van der Waals surface area contributed by atoms with Crippen LogP contribution in [0, 0.1) is 7.14 Å². The van der Waals surface area contributed by atoms with Crippen molar-refractivity contribution in [2.75, 3.05) is 0 Å². The first-order chi connectivity index (χ1) is 9.45. The van der Waals surface area contributed by atoms with Crippen molar-refractivity contribution in [3.05, 3.63) is 54.7 Å². The molecule has 0 unspecified atom stereocenters. The van der Waals surface area contributed by atoms with Crippen LogP contribution in [0.2, 0.25) is 0 Å². The van der Waals surface area contributed by atoms with Crippen molar-refractivity contribution in [1.29, 1.82) is 0 Å². The van der Waals surface area contributed by atoms with Gasteiger partial charge in [0, 0.05) is 12.8 Å². The molecule has 3 nitrogen and oxygen atoms in total. The number of benzene rings is 2. The van der Waals surface area contributed by atoms with Crippen molar-refractivity contribution >= 4 is 51.0 Å². The predicted octanol–water partition coefficient (Wildman–Crippen LogP) is 3.66. The number of hydrogen-bond acceptors (Lipinski definition) is 3. The molecule has 0 aromatic heterocycles. The van der Waals surface area contributed by atoms with Crippen LogP contribution < -0.4 is 0 Å². The number of carbonyl (C=O) groups excluding carboxylic acids is 1. The summed E-state index contributed by atoms with van der Waals surface area (Å²) in [6.45, 7) is 0. The van der Waals surface area contributed by atoms with Gasteiger partial charge in [0.2, 0.25) is 0 Å². The molecule has 0 heterocycles. The van der Waals surface area contributed by atoms with Crippen LogP contribution in [0.5, 0.6) is 11.5 Å². The van der Waals surface area contributed by atoms with E-state index in [4.69, 9.17) is 0 Å². The van der Waals surface area contributed by atoms with Crippen LogP contribution in [0.15, 0.2) is 36.4 Å². The lowest BCUT2D eigenvalue weighted by Gasteiger charge is -2.05. The van der Waals surface area contributed by atoms with Gasteiger partial charge in [0.1, 0.15) is 17.3 Å². The minimum absolute atomic E-state index is 0.105. The Morgan fingerprint density at radius 1 is 0.850 bits per heavy atom. The van der Waals surface area contributed by atoms with Crippen LogP contribution in [-0.4, -0.2) is 16.0 Å². The minimum Gasteiger partial charge on any atom is -0.507 e. The predicted molar refractivity (Wildman–Crippen MR) is 94.1 cm³/mol. The molecule has 0 saturated heterocycles. The SMILES string of the molecule is O=C(Cc1ccc(O)c(I)c1)Cc1ccc(O)c(I)c1. The summed E-state index contributed by atoms with van der Waals surface area (Å²) in [5, 5.41) is 18.9. The van der Waals surface area contributed by atoms with E-state index in [1.54, 1.807) is 24.3 Å². The van der Waals surface area contributed by atoms with Crippen molar-refractivity contribution in [3.8, 4) is 11.5 Å². The number of aromatic hydroxyl groups is 2. The van der Waals surface area contributed by atoms with Crippen molar-refractivity contribution in [2.45, 2.75) is 12.8 Å². The monoisotopic (exact) mass is 494 g/mol. The fourth-order valence-electron chi connectivity index (χ4n) is 1.84. The first-order valence-electron chi connectivity index (χ1n) is 5.92. The Hall–Kier alpha value is -0.830. The third kappa shape index (κ3) is 4.08. The highest BCUT2D eigenvalue weighted by Crippen LogP contribution is 2.22. The Balaban J connectivity index is 2.04. The first-order valence-corrected chi connectivity index (χ1v) is 8.08. The molecule has 0 saturated carbocycles. The Morgan fingerprint density at radius 2 is 1.25 bits per heavy atom. The van der Waals surface area contributed by atoms with E-state index < -0.39 is 0 Å². The molecule has 0 aliphatic heterocycles. The molecule has 2 N–H and O–H groups in total. The molecule has 2 aromatic carbocycles. The number of hydrogen-bond donors (Lipinski definition) is 2. The Bertz CT molecular complexity index is 598. The number of phenols is 2. The summed E-state index contributed by atoms with van der Waals surface area (Å²) in [4.78, 5) is 12.0. The van der Waals surface area contributed by atoms with E-state index in [1.165, 1.54) is 0 Å². The highest BCUT2D eigenvalue weighted by atomic mass is 127. The topological polar surface area (TPSA) is 57.5 Å². The molecule has 0 aliphatic carbocycles. The van der Waals surface area contributed by atoms with Crippen LogP contribution in [0.1, 0.15) is 11.1 Å². The van der Waals surface area contributed by atoms with Gasteiger partial charge in [-0.2, -0.15) is 0 Å². The largest absolute Gasteiger partial charge is 0.507 e. The van der Waals surface area contributed by atoms with Crippen LogP contribution in [-0.2, 0) is 17.6 Å². The molecule has 0 bridgehead atoms. The second kappa shape index (κ2) is 6.75. The zero-order chi connectivity index (χ0) is 14.7. The van der Waals surface area contributed by atoms with E-state index in [2.05, 4.69) is 0 Å². The van der Waals surface area contributed by atoms with Gasteiger partial charge in [-0.1, -0.05) is 12.1 Å². The summed E-state index contributed by atoms with van der Waals surface area (Å²) in [6, 6.07) is 10.4. The Kier molecular flexibility index (Phi) is 5.25. The van der Waals surface area contributed by atoms with E-state index in [0.717, 1.165) is 18.3 Å². The maximum absolute atomic E-state index is 12.0. The highest BCUT2D eigenvalue weighted by Gasteiger charge is 2.08. The van der Waals surface area contributed by atoms with Gasteiger partial charge >= 0.3 is 0 Å². The Morgan fingerprint density at radius 3 is 1.60 bits per heavy atom. The normalized spacial score (nSPS) is 10.5. The third-order valence-corrected chi connectivity index (χ3v) is 4.55. The van der Waals surface area contributed by atoms with Gasteiger partial charge in [-0.15, -0.1) is 0 Å². The smallest absolute Gasteiger partial charge is 0.141 e. The molecule has 5 heteroatoms. The van der Waals surface area contributed by atoms with Crippen LogP contribution in [0.3, 0.4) is 0 Å². The summed E-state index contributed by atoms with van der Waals surface area (Å²) in [6.07, 6.45) is 0.682. The standard InChI is InChI=1S/C15H12I2O3/c16-12-7-9(1-3-14(12)19)5-11(18)6-10-2-4-15(20)13(17)8-10/h1-4,7-8,19-20H,5-6H2. The zero-order valence-corrected chi connectivity index (χ0v) is 14.8. The quantitative estimate of drug-likeness (QED) is 0.639. The molecular formula is C15H12I2O3. The first kappa shape index (κ1) is 15.6. The van der Waals surface area contributed by atoms with Crippen LogP contribution in [0.25, 0.3) is 0 Å². The van der Waals surface area contributed by atoms with Crippen LogP contribution >= 0.6 is 45.2 Å². The Labute approximate surface area is 144 Å². The van der Waals surface area contributed by atoms with Gasteiger partial charge in [-0.05, 0) is 80.6 Å². The minimum atomic E-state index is 0.105. The molecule has 2 aromatic rings. The van der Waals surface area contributed by atoms with Gasteiger partial charge in [0.25, 0.3) is 0 Å². The summed E-state index contributed by atoms with van der Waals surface area (Å²) >= 11 is 4.08. The average molecular weight is 494 g/mol. The number of phenolic OH excluding ortho intramolecular Hbond substituents is 2. The summed E-state index contributed by atoms with van der Waals surface area (Å²) in [7, 11) is 0. The van der Waals surface area contributed by atoms with Crippen molar-refractivity contribution in [2.24, 2.45) is 0 Å². The lowest BCUT2D eigenvalue weighted by Crippen LogP contribution is -2.06. The van der Waals surface area contributed by atoms with E-state index in [0.29, 0.717) is 12.8 Å². The molecule has 0 fully saturated rings. The molecule has 104 valence electrons. The summed E-state index contributed by atoms with van der Waals surface area (Å²) in [5.74, 6) is 0.567. The third-order valence-electron chi connectivity index (χ3n) is 2.83. The fraction of sp³-hybridized carbons (Fsp3) is 0.133. The fourth-order valence-corrected chi connectivity index (χ4v) is 3.00. The second-order valence-corrected chi connectivity index (χ2v) is 6.79. The number of rotatable bonds is 4. The molecular weight excluding hydrogens is 482 g/mol. The second-order valence-electron chi connectivity index (χ2n) is 4.46. The van der Waals surface area contributed by atoms with E-state index in [-0.39, 0.29) is 17.3 Å². The molecule has 2 rings (SSSR count). The van der Waals surface area contributed by atoms with E-state index in [1.807, 2.05) is 57.3 Å². The number of ketones is 1. The number of halogens is 2. The van der Waals surface area contributed by atoms with Gasteiger partial charge in [0.15, 0.2) is 0 Å².